The second kappa shape index (κ2) is 4.64. The van der Waals surface area contributed by atoms with Crippen LogP contribution in [0, 0.1) is 0 Å². The van der Waals surface area contributed by atoms with Crippen molar-refractivity contribution in [2.24, 2.45) is 0 Å². The van der Waals surface area contributed by atoms with Crippen molar-refractivity contribution in [3.63, 3.8) is 0 Å². The Morgan fingerprint density at radius 2 is 1.46 bits per heavy atom. The zero-order valence-corrected chi connectivity index (χ0v) is 7.22. The molecule has 0 aliphatic carbocycles. The fraction of sp³-hybridized carbons (Fsp3) is 0. The number of benzene rings is 1. The molecule has 0 amide bonds. The molecule has 0 saturated carbocycles. The van der Waals surface area contributed by atoms with E-state index < -0.39 is 11.9 Å². The van der Waals surface area contributed by atoms with Gasteiger partial charge in [-0.2, -0.15) is 0 Å². The number of hydrogen-bond donors (Lipinski definition) is 1. The van der Waals surface area contributed by atoms with Crippen LogP contribution in [0.3, 0.4) is 0 Å². The van der Waals surface area contributed by atoms with Gasteiger partial charge < -0.3 is 15.0 Å². The molecule has 0 heterocycles. The molecule has 0 aliphatic heterocycles. The van der Waals surface area contributed by atoms with Crippen LogP contribution in [0.25, 0.3) is 0 Å². The number of carboxylic acid groups (broad SMARTS) is 2. The number of carbonyl (C=O) groups excluding carboxylic acids is 1. The maximum atomic E-state index is 10.3. The molecule has 13 heavy (non-hydrogen) atoms. The van der Waals surface area contributed by atoms with Crippen molar-refractivity contribution in [3.05, 3.63) is 35.4 Å². The first-order valence-corrected chi connectivity index (χ1v) is 3.16. The Morgan fingerprint density at radius 3 is 1.77 bits per heavy atom. The molecule has 0 saturated heterocycles. The summed E-state index contributed by atoms with van der Waals surface area (Å²) in [5, 5.41) is 18.7. The first-order chi connectivity index (χ1) is 5.61. The predicted molar refractivity (Wildman–Crippen MR) is 37.7 cm³/mol. The number of carboxylic acids is 2. The molecule has 0 unspecified atom stereocenters. The third kappa shape index (κ3) is 2.89. The Morgan fingerprint density at radius 1 is 1.08 bits per heavy atom. The molecule has 1 aromatic rings. The van der Waals surface area contributed by atoms with Crippen LogP contribution in [0.1, 0.15) is 20.7 Å². The molecule has 0 atom stereocenters. The van der Waals surface area contributed by atoms with E-state index in [0.29, 0.717) is 0 Å². The summed E-state index contributed by atoms with van der Waals surface area (Å²) in [6, 6.07) is 4.82. The quantitative estimate of drug-likeness (QED) is 0.708. The van der Waals surface area contributed by atoms with Gasteiger partial charge in [0, 0.05) is 0 Å². The van der Waals surface area contributed by atoms with Crippen molar-refractivity contribution in [2.45, 2.75) is 0 Å². The Hall–Kier alpha value is -1.32. The molecule has 1 rings (SSSR count). The first-order valence-electron chi connectivity index (χ1n) is 3.16. The fourth-order valence-corrected chi connectivity index (χ4v) is 0.749. The van der Waals surface area contributed by atoms with Gasteiger partial charge in [0.25, 0.3) is 0 Å². The zero-order chi connectivity index (χ0) is 9.14. The predicted octanol–water partition coefficient (Wildman–Crippen LogP) is -0.254. The Bertz CT molecular complexity index is 284. The summed E-state index contributed by atoms with van der Waals surface area (Å²) in [7, 11) is 0. The number of aromatic carboxylic acids is 2. The average molecular weight is 229 g/mol. The molecule has 0 radical (unpaired) electrons. The summed E-state index contributed by atoms with van der Waals surface area (Å²) >= 11 is 0. The van der Waals surface area contributed by atoms with Gasteiger partial charge in [0.15, 0.2) is 0 Å². The normalized spacial score (nSPS) is 8.62. The van der Waals surface area contributed by atoms with Crippen molar-refractivity contribution in [3.8, 4) is 0 Å². The average Bonchev–Trinajstić information content (AvgIpc) is 2.04. The molecule has 1 N–H and O–H groups in total. The maximum absolute atomic E-state index is 10.3. The van der Waals surface area contributed by atoms with E-state index >= 15 is 0 Å². The van der Waals surface area contributed by atoms with Crippen molar-refractivity contribution in [1.82, 2.24) is 0 Å². The molecule has 0 fully saturated rings. The van der Waals surface area contributed by atoms with Crippen molar-refractivity contribution in [1.29, 1.82) is 0 Å². The van der Waals surface area contributed by atoms with E-state index in [1.807, 2.05) is 0 Å². The van der Waals surface area contributed by atoms with E-state index in [1.54, 1.807) is 0 Å². The molecule has 4 nitrogen and oxygen atoms in total. The minimum atomic E-state index is -1.31. The minimum Gasteiger partial charge on any atom is -0.545 e. The van der Waals surface area contributed by atoms with Gasteiger partial charge in [-0.1, -0.05) is 12.1 Å². The summed E-state index contributed by atoms with van der Waals surface area (Å²) in [6.07, 6.45) is 0. The minimum absolute atomic E-state index is 0. The van der Waals surface area contributed by atoms with Crippen molar-refractivity contribution < 1.29 is 36.9 Å². The standard InChI is InChI=1S/C8H6O4.Cu/c9-7(10)5-1-2-6(4-3-5)8(11)12;/h1-4H,(H,9,10)(H,11,12);/q;+1/p-1. The van der Waals surface area contributed by atoms with Gasteiger partial charge in [-0.15, -0.1) is 0 Å². The van der Waals surface area contributed by atoms with E-state index in [0.717, 1.165) is 0 Å². The van der Waals surface area contributed by atoms with Crippen LogP contribution in [0.15, 0.2) is 24.3 Å². The van der Waals surface area contributed by atoms with Crippen molar-refractivity contribution in [2.75, 3.05) is 0 Å². The maximum Gasteiger partial charge on any atom is 1.00 e. The van der Waals surface area contributed by atoms with E-state index in [1.165, 1.54) is 24.3 Å². The van der Waals surface area contributed by atoms with Gasteiger partial charge in [-0.25, -0.2) is 4.79 Å². The van der Waals surface area contributed by atoms with E-state index in [-0.39, 0.29) is 28.2 Å². The van der Waals surface area contributed by atoms with Crippen LogP contribution >= 0.6 is 0 Å². The number of hydrogen-bond acceptors (Lipinski definition) is 3. The number of carbonyl (C=O) groups is 2. The molecule has 0 spiro atoms. The summed E-state index contributed by atoms with van der Waals surface area (Å²) in [5.41, 5.74) is 0.0278. The summed E-state index contributed by atoms with van der Waals surface area (Å²) in [5.74, 6) is -2.40. The SMILES string of the molecule is O=C([O-])c1ccc(C(=O)O)cc1.[Cu+]. The molecule has 0 aliphatic rings. The van der Waals surface area contributed by atoms with Crippen molar-refractivity contribution >= 4 is 11.9 Å². The monoisotopic (exact) mass is 228 g/mol. The van der Waals surface area contributed by atoms with Crippen LogP contribution in [0.2, 0.25) is 0 Å². The molecule has 0 aromatic heterocycles. The van der Waals surface area contributed by atoms with Crippen LogP contribution < -0.4 is 5.11 Å². The van der Waals surface area contributed by atoms with Gasteiger partial charge in [-0.05, 0) is 17.7 Å². The third-order valence-corrected chi connectivity index (χ3v) is 1.37. The fourth-order valence-electron chi connectivity index (χ4n) is 0.749. The second-order valence-corrected chi connectivity index (χ2v) is 2.17. The van der Waals surface area contributed by atoms with Gasteiger partial charge in [0.1, 0.15) is 0 Å². The Labute approximate surface area is 84.7 Å². The Balaban J connectivity index is 0.00000144. The zero-order valence-electron chi connectivity index (χ0n) is 6.28. The topological polar surface area (TPSA) is 77.4 Å². The summed E-state index contributed by atoms with van der Waals surface area (Å²) in [6.45, 7) is 0. The van der Waals surface area contributed by atoms with Crippen LogP contribution in [0.4, 0.5) is 0 Å². The molecule has 1 aromatic carbocycles. The molecule has 72 valence electrons. The van der Waals surface area contributed by atoms with Crippen LogP contribution in [-0.4, -0.2) is 17.0 Å². The molecular formula is C8H5CuO4. The molecular weight excluding hydrogens is 224 g/mol. The van der Waals surface area contributed by atoms with E-state index in [9.17, 15) is 14.7 Å². The van der Waals surface area contributed by atoms with Gasteiger partial charge in [-0.3, -0.25) is 0 Å². The largest absolute Gasteiger partial charge is 1.00 e. The van der Waals surface area contributed by atoms with Gasteiger partial charge >= 0.3 is 23.0 Å². The molecule has 0 bridgehead atoms. The van der Waals surface area contributed by atoms with Gasteiger partial charge in [0.2, 0.25) is 0 Å². The third-order valence-electron chi connectivity index (χ3n) is 1.37. The smallest absolute Gasteiger partial charge is 0.545 e. The summed E-state index contributed by atoms with van der Waals surface area (Å²) in [4.78, 5) is 20.5. The molecule has 5 heteroatoms. The Kier molecular flexibility index (Phi) is 4.17. The first kappa shape index (κ1) is 11.7. The number of rotatable bonds is 2. The van der Waals surface area contributed by atoms with Crippen LogP contribution in [-0.2, 0) is 17.1 Å². The second-order valence-electron chi connectivity index (χ2n) is 2.17. The van der Waals surface area contributed by atoms with E-state index in [4.69, 9.17) is 5.11 Å². The van der Waals surface area contributed by atoms with Crippen LogP contribution in [0.5, 0.6) is 0 Å². The van der Waals surface area contributed by atoms with Gasteiger partial charge in [0.05, 0.1) is 11.5 Å². The van der Waals surface area contributed by atoms with E-state index in [2.05, 4.69) is 0 Å². The summed E-state index contributed by atoms with van der Waals surface area (Å²) < 4.78 is 0.